The van der Waals surface area contributed by atoms with Gasteiger partial charge in [0.15, 0.2) is 0 Å². The van der Waals surface area contributed by atoms with Crippen LogP contribution in [0, 0.1) is 6.92 Å². The van der Waals surface area contributed by atoms with E-state index >= 15 is 0 Å². The van der Waals surface area contributed by atoms with Crippen molar-refractivity contribution in [3.05, 3.63) is 65.2 Å². The molecule has 0 radical (unpaired) electrons. The molecule has 2 N–H and O–H groups in total. The van der Waals surface area contributed by atoms with Crippen molar-refractivity contribution in [3.63, 3.8) is 0 Å². The van der Waals surface area contributed by atoms with E-state index in [1.54, 1.807) is 0 Å². The lowest BCUT2D eigenvalue weighted by Crippen LogP contribution is -2.41. The third-order valence-electron chi connectivity index (χ3n) is 3.59. The first-order valence-corrected chi connectivity index (χ1v) is 7.72. The Bertz CT molecular complexity index is 713. The highest BCUT2D eigenvalue weighted by molar-refractivity contribution is 5.82. The molecule has 5 heteroatoms. The van der Waals surface area contributed by atoms with E-state index in [-0.39, 0.29) is 12.3 Å². The molecule has 0 aromatic heterocycles. The Balaban J connectivity index is 2.03. The van der Waals surface area contributed by atoms with Crippen LogP contribution in [0.15, 0.2) is 48.5 Å². The van der Waals surface area contributed by atoms with Crippen molar-refractivity contribution in [2.75, 3.05) is 0 Å². The average molecular weight is 327 g/mol. The molecule has 0 saturated carbocycles. The number of rotatable bonds is 7. The van der Waals surface area contributed by atoms with E-state index in [2.05, 4.69) is 5.32 Å². The lowest BCUT2D eigenvalue weighted by molar-refractivity contribution is -0.141. The summed E-state index contributed by atoms with van der Waals surface area (Å²) in [6.07, 6.45) is 0.231. The fourth-order valence-electron chi connectivity index (χ4n) is 2.42. The number of hydrogen-bond acceptors (Lipinski definition) is 3. The molecular formula is C19H21NO4. The molecule has 1 atom stereocenters. The second-order valence-electron chi connectivity index (χ2n) is 5.67. The number of carbonyl (C=O) groups excluding carboxylic acids is 1. The molecule has 0 saturated heterocycles. The lowest BCUT2D eigenvalue weighted by atomic mass is 10.0. The van der Waals surface area contributed by atoms with Gasteiger partial charge in [0.2, 0.25) is 5.91 Å². The van der Waals surface area contributed by atoms with Crippen LogP contribution in [0.5, 0.6) is 5.75 Å². The van der Waals surface area contributed by atoms with Crippen molar-refractivity contribution in [1.82, 2.24) is 5.32 Å². The van der Waals surface area contributed by atoms with Gasteiger partial charge in [-0.25, -0.2) is 4.79 Å². The summed E-state index contributed by atoms with van der Waals surface area (Å²) in [5, 5.41) is 11.6. The zero-order chi connectivity index (χ0) is 17.5. The van der Waals surface area contributed by atoms with Gasteiger partial charge in [0, 0.05) is 13.3 Å². The second kappa shape index (κ2) is 8.15. The summed E-state index contributed by atoms with van der Waals surface area (Å²) < 4.78 is 5.81. The van der Waals surface area contributed by atoms with Crippen LogP contribution in [-0.2, 0) is 22.6 Å². The number of amides is 1. The van der Waals surface area contributed by atoms with Gasteiger partial charge >= 0.3 is 5.97 Å². The second-order valence-corrected chi connectivity index (χ2v) is 5.67. The maximum atomic E-state index is 11.2. The summed E-state index contributed by atoms with van der Waals surface area (Å²) >= 11 is 0. The van der Waals surface area contributed by atoms with Crippen LogP contribution in [0.3, 0.4) is 0 Å². The van der Waals surface area contributed by atoms with Gasteiger partial charge in [0.05, 0.1) is 0 Å². The van der Waals surface area contributed by atoms with Crippen molar-refractivity contribution in [2.24, 2.45) is 0 Å². The molecule has 0 fully saturated rings. The van der Waals surface area contributed by atoms with Crippen molar-refractivity contribution in [2.45, 2.75) is 32.9 Å². The Hall–Kier alpha value is -2.82. The predicted octanol–water partition coefficient (Wildman–Crippen LogP) is 2.71. The highest BCUT2D eigenvalue weighted by atomic mass is 16.5. The number of hydrogen-bond donors (Lipinski definition) is 2. The van der Waals surface area contributed by atoms with Crippen LogP contribution in [0.25, 0.3) is 0 Å². The van der Waals surface area contributed by atoms with Gasteiger partial charge < -0.3 is 15.2 Å². The first kappa shape index (κ1) is 17.5. The van der Waals surface area contributed by atoms with Crippen LogP contribution in [-0.4, -0.2) is 23.0 Å². The molecular weight excluding hydrogens is 306 g/mol. The van der Waals surface area contributed by atoms with E-state index in [9.17, 15) is 14.7 Å². The Morgan fingerprint density at radius 1 is 1.12 bits per heavy atom. The van der Waals surface area contributed by atoms with Crippen molar-refractivity contribution in [3.8, 4) is 5.75 Å². The fraction of sp³-hybridized carbons (Fsp3) is 0.263. The Morgan fingerprint density at radius 2 is 1.83 bits per heavy atom. The minimum atomic E-state index is -1.05. The number of aryl methyl sites for hydroxylation is 1. The SMILES string of the molecule is CC(=O)NC(Cc1ccc(OCc2ccccc2)c(C)c1)C(=O)O. The molecule has 2 aromatic carbocycles. The molecule has 0 aliphatic carbocycles. The smallest absolute Gasteiger partial charge is 0.326 e. The van der Waals surface area contributed by atoms with Gasteiger partial charge in [-0.05, 0) is 29.7 Å². The van der Waals surface area contributed by atoms with Gasteiger partial charge in [0.25, 0.3) is 0 Å². The third kappa shape index (κ3) is 5.12. The van der Waals surface area contributed by atoms with Crippen molar-refractivity contribution >= 4 is 11.9 Å². The molecule has 2 rings (SSSR count). The number of aliphatic carboxylic acids is 1. The maximum Gasteiger partial charge on any atom is 0.326 e. The van der Waals surface area contributed by atoms with Gasteiger partial charge in [-0.3, -0.25) is 4.79 Å². The van der Waals surface area contributed by atoms with Gasteiger partial charge in [-0.15, -0.1) is 0 Å². The monoisotopic (exact) mass is 327 g/mol. The first-order valence-electron chi connectivity index (χ1n) is 7.72. The largest absolute Gasteiger partial charge is 0.489 e. The van der Waals surface area contributed by atoms with E-state index < -0.39 is 12.0 Å². The zero-order valence-electron chi connectivity index (χ0n) is 13.8. The predicted molar refractivity (Wildman–Crippen MR) is 90.9 cm³/mol. The Labute approximate surface area is 141 Å². The summed E-state index contributed by atoms with van der Waals surface area (Å²) in [6, 6.07) is 14.5. The van der Waals surface area contributed by atoms with E-state index in [0.717, 1.165) is 22.4 Å². The first-order chi connectivity index (χ1) is 11.5. The Kier molecular flexibility index (Phi) is 5.95. The number of carboxylic acids is 1. The van der Waals surface area contributed by atoms with E-state index in [0.29, 0.717) is 6.61 Å². The highest BCUT2D eigenvalue weighted by Gasteiger charge is 2.19. The van der Waals surface area contributed by atoms with E-state index in [4.69, 9.17) is 4.74 Å². The molecule has 126 valence electrons. The van der Waals surface area contributed by atoms with E-state index in [1.165, 1.54) is 6.92 Å². The number of carboxylic acid groups (broad SMARTS) is 1. The minimum absolute atomic E-state index is 0.231. The summed E-state index contributed by atoms with van der Waals surface area (Å²) in [6.45, 7) is 3.70. The quantitative estimate of drug-likeness (QED) is 0.820. The van der Waals surface area contributed by atoms with Gasteiger partial charge in [0.1, 0.15) is 18.4 Å². The summed E-state index contributed by atoms with van der Waals surface area (Å²) in [4.78, 5) is 22.3. The summed E-state index contributed by atoms with van der Waals surface area (Å²) in [7, 11) is 0. The molecule has 0 aliphatic heterocycles. The van der Waals surface area contributed by atoms with Crippen LogP contribution < -0.4 is 10.1 Å². The summed E-state index contributed by atoms with van der Waals surface area (Å²) in [5.41, 5.74) is 2.84. The topological polar surface area (TPSA) is 75.6 Å². The van der Waals surface area contributed by atoms with Crippen molar-refractivity contribution in [1.29, 1.82) is 0 Å². The third-order valence-corrected chi connectivity index (χ3v) is 3.59. The van der Waals surface area contributed by atoms with E-state index in [1.807, 2.05) is 55.5 Å². The van der Waals surface area contributed by atoms with Crippen LogP contribution in [0.1, 0.15) is 23.6 Å². The zero-order valence-corrected chi connectivity index (χ0v) is 13.8. The number of carbonyl (C=O) groups is 2. The Morgan fingerprint density at radius 3 is 2.42 bits per heavy atom. The minimum Gasteiger partial charge on any atom is -0.489 e. The molecule has 1 amide bonds. The molecule has 2 aromatic rings. The van der Waals surface area contributed by atoms with Gasteiger partial charge in [-0.1, -0.05) is 42.5 Å². The van der Waals surface area contributed by atoms with Crippen LogP contribution in [0.2, 0.25) is 0 Å². The number of ether oxygens (including phenoxy) is 1. The number of nitrogens with one attached hydrogen (secondary N) is 1. The molecule has 0 spiro atoms. The highest BCUT2D eigenvalue weighted by Crippen LogP contribution is 2.21. The fourth-order valence-corrected chi connectivity index (χ4v) is 2.42. The summed E-state index contributed by atoms with van der Waals surface area (Å²) in [5.74, 6) is -0.650. The number of benzene rings is 2. The van der Waals surface area contributed by atoms with Gasteiger partial charge in [-0.2, -0.15) is 0 Å². The molecule has 0 bridgehead atoms. The van der Waals surface area contributed by atoms with Crippen LogP contribution in [0.4, 0.5) is 0 Å². The standard InChI is InChI=1S/C19H21NO4/c1-13-10-16(11-17(19(22)23)20-14(2)21)8-9-18(13)24-12-15-6-4-3-5-7-15/h3-10,17H,11-12H2,1-2H3,(H,20,21)(H,22,23). The molecule has 0 aliphatic rings. The van der Waals surface area contributed by atoms with Crippen molar-refractivity contribution < 1.29 is 19.4 Å². The molecule has 24 heavy (non-hydrogen) atoms. The maximum absolute atomic E-state index is 11.2. The van der Waals surface area contributed by atoms with Crippen LogP contribution >= 0.6 is 0 Å². The lowest BCUT2D eigenvalue weighted by Gasteiger charge is -2.15. The molecule has 0 heterocycles. The molecule has 5 nitrogen and oxygen atoms in total. The normalized spacial score (nSPS) is 11.6. The average Bonchev–Trinajstić information content (AvgIpc) is 2.54. The molecule has 1 unspecified atom stereocenters.